The van der Waals surface area contributed by atoms with Crippen LogP contribution in [-0.4, -0.2) is 5.97 Å². The number of allylic oxidation sites excluding steroid dienone is 2. The molecule has 0 aliphatic heterocycles. The number of ether oxygens (including phenoxy) is 1. The quantitative estimate of drug-likeness (QED) is 0.667. The third-order valence-corrected chi connectivity index (χ3v) is 2.23. The van der Waals surface area contributed by atoms with Gasteiger partial charge in [0.05, 0.1) is 5.56 Å². The number of benzene rings is 1. The Balaban J connectivity index is 2.03. The van der Waals surface area contributed by atoms with Gasteiger partial charge in [0.1, 0.15) is 5.76 Å². The molecule has 0 atom stereocenters. The second-order valence-electron chi connectivity index (χ2n) is 3.32. The molecule has 0 saturated heterocycles. The van der Waals surface area contributed by atoms with Crippen molar-refractivity contribution < 1.29 is 9.53 Å². The van der Waals surface area contributed by atoms with Gasteiger partial charge in [-0.25, -0.2) is 4.79 Å². The standard InChI is InChI=1S/C12H12O2/c13-12(10-6-2-1-3-7-10)14-11-8-4-5-9-11/h1-3,6-8H,4-5,9H2. The molecule has 2 heteroatoms. The van der Waals surface area contributed by atoms with E-state index in [1.165, 1.54) is 0 Å². The number of hydrogen-bond donors (Lipinski definition) is 0. The Bertz CT molecular complexity index is 352. The fourth-order valence-electron chi connectivity index (χ4n) is 1.49. The minimum atomic E-state index is -0.251. The highest BCUT2D eigenvalue weighted by molar-refractivity contribution is 5.89. The number of rotatable bonds is 2. The third kappa shape index (κ3) is 2.02. The van der Waals surface area contributed by atoms with Crippen LogP contribution < -0.4 is 0 Å². The summed E-state index contributed by atoms with van der Waals surface area (Å²) in [5.74, 6) is 0.567. The van der Waals surface area contributed by atoms with Crippen LogP contribution in [0.5, 0.6) is 0 Å². The summed E-state index contributed by atoms with van der Waals surface area (Å²) in [6.45, 7) is 0. The molecule has 2 nitrogen and oxygen atoms in total. The SMILES string of the molecule is O=C(OC1=CCCC1)c1ccccc1. The highest BCUT2D eigenvalue weighted by Gasteiger charge is 2.12. The van der Waals surface area contributed by atoms with Crippen LogP contribution in [0.15, 0.2) is 42.2 Å². The Morgan fingerprint density at radius 1 is 1.21 bits per heavy atom. The van der Waals surface area contributed by atoms with Crippen molar-refractivity contribution in [2.75, 3.05) is 0 Å². The van der Waals surface area contributed by atoms with Gasteiger partial charge in [0.25, 0.3) is 0 Å². The lowest BCUT2D eigenvalue weighted by Gasteiger charge is -2.03. The van der Waals surface area contributed by atoms with Crippen molar-refractivity contribution in [2.24, 2.45) is 0 Å². The van der Waals surface area contributed by atoms with Crippen LogP contribution in [-0.2, 0) is 4.74 Å². The van der Waals surface area contributed by atoms with Crippen molar-refractivity contribution in [2.45, 2.75) is 19.3 Å². The lowest BCUT2D eigenvalue weighted by atomic mass is 10.2. The summed E-state index contributed by atoms with van der Waals surface area (Å²) in [6.07, 6.45) is 4.99. The average Bonchev–Trinajstić information content (AvgIpc) is 2.72. The Labute approximate surface area is 83.2 Å². The van der Waals surface area contributed by atoms with Crippen molar-refractivity contribution in [3.8, 4) is 0 Å². The number of carbonyl (C=O) groups excluding carboxylic acids is 1. The summed E-state index contributed by atoms with van der Waals surface area (Å²) in [6, 6.07) is 9.07. The first-order valence-electron chi connectivity index (χ1n) is 4.82. The molecule has 0 heterocycles. The van der Waals surface area contributed by atoms with Crippen LogP contribution >= 0.6 is 0 Å². The molecular formula is C12H12O2. The maximum Gasteiger partial charge on any atom is 0.343 e. The topological polar surface area (TPSA) is 26.3 Å². The first-order chi connectivity index (χ1) is 6.86. The Kier molecular flexibility index (Phi) is 2.63. The molecule has 0 fully saturated rings. The Hall–Kier alpha value is -1.57. The molecule has 0 bridgehead atoms. The molecule has 14 heavy (non-hydrogen) atoms. The van der Waals surface area contributed by atoms with Crippen LogP contribution in [0, 0.1) is 0 Å². The van der Waals surface area contributed by atoms with Crippen LogP contribution in [0.2, 0.25) is 0 Å². The molecule has 2 rings (SSSR count). The van der Waals surface area contributed by atoms with Gasteiger partial charge in [0.2, 0.25) is 0 Å². The fraction of sp³-hybridized carbons (Fsp3) is 0.250. The molecule has 0 unspecified atom stereocenters. The van der Waals surface area contributed by atoms with Crippen LogP contribution in [0.3, 0.4) is 0 Å². The molecule has 1 aromatic rings. The second kappa shape index (κ2) is 4.09. The molecule has 72 valence electrons. The van der Waals surface area contributed by atoms with Crippen molar-refractivity contribution in [1.29, 1.82) is 0 Å². The van der Waals surface area contributed by atoms with Gasteiger partial charge in [-0.2, -0.15) is 0 Å². The van der Waals surface area contributed by atoms with Crippen LogP contribution in [0.4, 0.5) is 0 Å². The van der Waals surface area contributed by atoms with Crippen molar-refractivity contribution in [3.05, 3.63) is 47.7 Å². The summed E-state index contributed by atoms with van der Waals surface area (Å²) < 4.78 is 5.22. The molecule has 0 radical (unpaired) electrons. The fourth-order valence-corrected chi connectivity index (χ4v) is 1.49. The van der Waals surface area contributed by atoms with Gasteiger partial charge in [0.15, 0.2) is 0 Å². The average molecular weight is 188 g/mol. The van der Waals surface area contributed by atoms with Gasteiger partial charge in [-0.3, -0.25) is 0 Å². The van der Waals surface area contributed by atoms with E-state index in [-0.39, 0.29) is 5.97 Å². The first-order valence-corrected chi connectivity index (χ1v) is 4.82. The summed E-state index contributed by atoms with van der Waals surface area (Å²) in [7, 11) is 0. The minimum Gasteiger partial charge on any atom is -0.428 e. The van der Waals surface area contributed by atoms with Crippen LogP contribution in [0.25, 0.3) is 0 Å². The molecule has 0 amide bonds. The zero-order valence-electron chi connectivity index (χ0n) is 7.90. The van der Waals surface area contributed by atoms with Gasteiger partial charge in [-0.15, -0.1) is 0 Å². The predicted octanol–water partition coefficient (Wildman–Crippen LogP) is 2.91. The van der Waals surface area contributed by atoms with Gasteiger partial charge < -0.3 is 4.74 Å². The summed E-state index contributed by atoms with van der Waals surface area (Å²) >= 11 is 0. The molecular weight excluding hydrogens is 176 g/mol. The van der Waals surface area contributed by atoms with Gasteiger partial charge in [-0.1, -0.05) is 18.2 Å². The van der Waals surface area contributed by atoms with E-state index < -0.39 is 0 Å². The van der Waals surface area contributed by atoms with Gasteiger partial charge in [0, 0.05) is 6.42 Å². The smallest absolute Gasteiger partial charge is 0.343 e. The molecule has 1 aliphatic rings. The normalized spacial score (nSPS) is 15.0. The molecule has 0 saturated carbocycles. The van der Waals surface area contributed by atoms with E-state index in [0.717, 1.165) is 25.0 Å². The predicted molar refractivity (Wildman–Crippen MR) is 53.8 cm³/mol. The number of esters is 1. The molecule has 0 aromatic heterocycles. The number of carbonyl (C=O) groups is 1. The Morgan fingerprint density at radius 3 is 2.64 bits per heavy atom. The zero-order chi connectivity index (χ0) is 9.80. The van der Waals surface area contributed by atoms with E-state index in [2.05, 4.69) is 0 Å². The van der Waals surface area contributed by atoms with Crippen molar-refractivity contribution in [3.63, 3.8) is 0 Å². The zero-order valence-corrected chi connectivity index (χ0v) is 7.90. The van der Waals surface area contributed by atoms with E-state index >= 15 is 0 Å². The van der Waals surface area contributed by atoms with E-state index in [0.29, 0.717) is 5.56 Å². The van der Waals surface area contributed by atoms with Crippen molar-refractivity contribution in [1.82, 2.24) is 0 Å². The monoisotopic (exact) mass is 188 g/mol. The van der Waals surface area contributed by atoms with E-state index in [4.69, 9.17) is 4.74 Å². The maximum atomic E-state index is 11.5. The summed E-state index contributed by atoms with van der Waals surface area (Å²) in [5, 5.41) is 0. The summed E-state index contributed by atoms with van der Waals surface area (Å²) in [5.41, 5.74) is 0.611. The van der Waals surface area contributed by atoms with Crippen molar-refractivity contribution >= 4 is 5.97 Å². The van der Waals surface area contributed by atoms with E-state index in [1.54, 1.807) is 12.1 Å². The Morgan fingerprint density at radius 2 is 2.00 bits per heavy atom. The molecule has 1 aromatic carbocycles. The van der Waals surface area contributed by atoms with Gasteiger partial charge >= 0.3 is 5.97 Å². The highest BCUT2D eigenvalue weighted by atomic mass is 16.5. The maximum absolute atomic E-state index is 11.5. The van der Waals surface area contributed by atoms with Crippen LogP contribution in [0.1, 0.15) is 29.6 Å². The lowest BCUT2D eigenvalue weighted by molar-refractivity contribution is 0.0618. The largest absolute Gasteiger partial charge is 0.428 e. The lowest BCUT2D eigenvalue weighted by Crippen LogP contribution is -2.03. The van der Waals surface area contributed by atoms with E-state index in [1.807, 2.05) is 24.3 Å². The second-order valence-corrected chi connectivity index (χ2v) is 3.32. The summed E-state index contributed by atoms with van der Waals surface area (Å²) in [4.78, 5) is 11.5. The number of hydrogen-bond acceptors (Lipinski definition) is 2. The van der Waals surface area contributed by atoms with Gasteiger partial charge in [-0.05, 0) is 31.1 Å². The first kappa shape index (κ1) is 9.00. The minimum absolute atomic E-state index is 0.251. The third-order valence-electron chi connectivity index (χ3n) is 2.23. The molecule has 1 aliphatic carbocycles. The molecule has 0 N–H and O–H groups in total. The van der Waals surface area contributed by atoms with E-state index in [9.17, 15) is 4.79 Å². The molecule has 0 spiro atoms. The highest BCUT2D eigenvalue weighted by Crippen LogP contribution is 2.19.